The minimum absolute atomic E-state index is 0.0340. The number of rotatable bonds is 7. The summed E-state index contributed by atoms with van der Waals surface area (Å²) in [5, 5.41) is 3.71. The number of thioether (sulfide) groups is 1. The molecule has 0 saturated carbocycles. The first-order chi connectivity index (χ1) is 18.8. The van der Waals surface area contributed by atoms with Crippen molar-refractivity contribution >= 4 is 34.3 Å². The predicted octanol–water partition coefficient (Wildman–Crippen LogP) is 5.04. The minimum atomic E-state index is -0.364. The van der Waals surface area contributed by atoms with Crippen molar-refractivity contribution in [2.24, 2.45) is 7.05 Å². The van der Waals surface area contributed by atoms with Gasteiger partial charge in [0, 0.05) is 7.05 Å². The number of hydrogen-bond donors (Lipinski definition) is 1. The molecule has 2 aromatic heterocycles. The third-order valence-electron chi connectivity index (χ3n) is 6.70. The lowest BCUT2D eigenvalue weighted by Gasteiger charge is -2.18. The maximum Gasteiger partial charge on any atom is 0.295 e. The van der Waals surface area contributed by atoms with Crippen LogP contribution < -0.4 is 16.4 Å². The van der Waals surface area contributed by atoms with Crippen molar-refractivity contribution in [1.29, 1.82) is 0 Å². The van der Waals surface area contributed by atoms with Gasteiger partial charge < -0.3 is 5.32 Å². The fourth-order valence-corrected chi connectivity index (χ4v) is 5.42. The molecule has 0 aliphatic carbocycles. The van der Waals surface area contributed by atoms with Crippen molar-refractivity contribution in [3.8, 4) is 11.4 Å². The van der Waals surface area contributed by atoms with Crippen molar-refractivity contribution in [1.82, 2.24) is 18.9 Å². The number of benzene rings is 3. The molecule has 3 aromatic carbocycles. The number of nitrogens with one attached hydrogen (secondary N) is 1. The van der Waals surface area contributed by atoms with Gasteiger partial charge in [-0.05, 0) is 48.7 Å². The van der Waals surface area contributed by atoms with Crippen molar-refractivity contribution in [2.75, 3.05) is 11.1 Å². The molecule has 1 N–H and O–H groups in total. The number of carbonyl (C=O) groups excluding carboxylic acids is 1. The van der Waals surface area contributed by atoms with Gasteiger partial charge in [0.2, 0.25) is 5.91 Å². The van der Waals surface area contributed by atoms with Gasteiger partial charge in [-0.1, -0.05) is 74.1 Å². The Morgan fingerprint density at radius 2 is 1.59 bits per heavy atom. The maximum absolute atomic E-state index is 13.7. The number of carbonyl (C=O) groups is 1. The van der Waals surface area contributed by atoms with Gasteiger partial charge in [0.1, 0.15) is 5.69 Å². The van der Waals surface area contributed by atoms with Crippen LogP contribution in [0.15, 0.2) is 93.6 Å². The quantitative estimate of drug-likeness (QED) is 0.231. The average molecular weight is 540 g/mol. The highest BCUT2D eigenvalue weighted by Gasteiger charge is 2.21. The van der Waals surface area contributed by atoms with E-state index in [4.69, 9.17) is 4.98 Å². The molecule has 5 aromatic rings. The van der Waals surface area contributed by atoms with Crippen LogP contribution in [-0.2, 0) is 11.8 Å². The fraction of sp³-hybridized carbons (Fsp3) is 0.200. The van der Waals surface area contributed by atoms with E-state index in [-0.39, 0.29) is 34.4 Å². The van der Waals surface area contributed by atoms with E-state index < -0.39 is 0 Å². The van der Waals surface area contributed by atoms with E-state index in [1.807, 2.05) is 66.7 Å². The van der Waals surface area contributed by atoms with Crippen LogP contribution in [-0.4, -0.2) is 30.6 Å². The average Bonchev–Trinajstić information content (AvgIpc) is 3.15. The smallest absolute Gasteiger partial charge is 0.295 e. The fourth-order valence-electron chi connectivity index (χ4n) is 4.62. The lowest BCUT2D eigenvalue weighted by atomic mass is 10.0. The second kappa shape index (κ2) is 10.8. The number of nitrogens with zero attached hydrogens (tertiary/aromatic N) is 4. The molecule has 8 nitrogen and oxygen atoms in total. The molecule has 0 aliphatic heterocycles. The van der Waals surface area contributed by atoms with E-state index in [1.165, 1.54) is 4.68 Å². The molecule has 0 bridgehead atoms. The van der Waals surface area contributed by atoms with Crippen LogP contribution in [0.2, 0.25) is 0 Å². The summed E-state index contributed by atoms with van der Waals surface area (Å²) in [5.41, 5.74) is 3.36. The molecule has 1 amide bonds. The summed E-state index contributed by atoms with van der Waals surface area (Å²) in [7, 11) is 1.78. The minimum Gasteiger partial charge on any atom is -0.319 e. The Balaban J connectivity index is 1.49. The molecule has 0 radical (unpaired) electrons. The highest BCUT2D eigenvalue weighted by molar-refractivity contribution is 7.99. The Morgan fingerprint density at radius 1 is 0.923 bits per heavy atom. The van der Waals surface area contributed by atoms with Crippen LogP contribution in [0.25, 0.3) is 22.3 Å². The zero-order valence-electron chi connectivity index (χ0n) is 22.2. The zero-order valence-corrected chi connectivity index (χ0v) is 23.0. The van der Waals surface area contributed by atoms with Crippen molar-refractivity contribution in [2.45, 2.75) is 31.8 Å². The number of anilines is 1. The molecule has 5 rings (SSSR count). The second-order valence-electron chi connectivity index (χ2n) is 9.54. The Morgan fingerprint density at radius 3 is 2.33 bits per heavy atom. The topological polar surface area (TPSA) is 90.9 Å². The first-order valence-corrected chi connectivity index (χ1v) is 13.6. The summed E-state index contributed by atoms with van der Waals surface area (Å²) >= 11 is 1.16. The van der Waals surface area contributed by atoms with Crippen LogP contribution in [0.5, 0.6) is 0 Å². The number of aromatic nitrogens is 4. The monoisotopic (exact) mass is 539 g/mol. The van der Waals surface area contributed by atoms with Gasteiger partial charge >= 0.3 is 0 Å². The summed E-state index contributed by atoms with van der Waals surface area (Å²) in [4.78, 5) is 44.8. The van der Waals surface area contributed by atoms with Gasteiger partial charge in [-0.15, -0.1) is 0 Å². The third kappa shape index (κ3) is 4.93. The van der Waals surface area contributed by atoms with Gasteiger partial charge in [-0.2, -0.15) is 0 Å². The molecule has 0 fully saturated rings. The van der Waals surface area contributed by atoms with E-state index in [1.54, 1.807) is 35.4 Å². The molecule has 0 unspecified atom stereocenters. The lowest BCUT2D eigenvalue weighted by molar-refractivity contribution is -0.113. The summed E-state index contributed by atoms with van der Waals surface area (Å²) < 4.78 is 4.82. The molecule has 0 spiro atoms. The largest absolute Gasteiger partial charge is 0.319 e. The maximum atomic E-state index is 13.7. The van der Waals surface area contributed by atoms with Crippen LogP contribution in [0, 0.1) is 6.92 Å². The van der Waals surface area contributed by atoms with Crippen molar-refractivity contribution in [3.63, 3.8) is 0 Å². The molecule has 39 heavy (non-hydrogen) atoms. The van der Waals surface area contributed by atoms with Crippen LogP contribution >= 0.6 is 11.8 Å². The Hall–Kier alpha value is -4.37. The molecule has 0 aliphatic rings. The molecule has 198 valence electrons. The molecule has 0 saturated heterocycles. The first-order valence-electron chi connectivity index (χ1n) is 12.7. The standard InChI is InChI=1S/C30H29N5O3S/c1-19(2)22-14-9-11-17-25(22)34-28(37)23-15-8-10-16-24(23)31-30(34)39-18-26(36)32-27-20(3)33(4)35(29(27)38)21-12-6-5-7-13-21/h5-17,19H,18H2,1-4H3,(H,32,36). The van der Waals surface area contributed by atoms with Crippen molar-refractivity contribution < 1.29 is 4.79 Å². The van der Waals surface area contributed by atoms with E-state index >= 15 is 0 Å². The summed E-state index contributed by atoms with van der Waals surface area (Å²) in [6, 6.07) is 24.2. The number of amides is 1. The van der Waals surface area contributed by atoms with Crippen LogP contribution in [0.3, 0.4) is 0 Å². The summed E-state index contributed by atoms with van der Waals surface area (Å²) in [6.45, 7) is 5.93. The van der Waals surface area contributed by atoms with Gasteiger partial charge in [0.15, 0.2) is 5.16 Å². The number of fused-ring (bicyclic) bond motifs is 1. The van der Waals surface area contributed by atoms with E-state index in [2.05, 4.69) is 19.2 Å². The molecule has 2 heterocycles. The molecule has 9 heteroatoms. The van der Waals surface area contributed by atoms with E-state index in [0.717, 1.165) is 23.0 Å². The zero-order chi connectivity index (χ0) is 27.7. The molecular weight excluding hydrogens is 510 g/mol. The van der Waals surface area contributed by atoms with Crippen molar-refractivity contribution in [3.05, 3.63) is 111 Å². The molecule has 0 atom stereocenters. The van der Waals surface area contributed by atoms with Gasteiger partial charge in [-0.3, -0.25) is 23.6 Å². The third-order valence-corrected chi connectivity index (χ3v) is 7.63. The first kappa shape index (κ1) is 26.2. The molecular formula is C30H29N5O3S. The van der Waals surface area contributed by atoms with Gasteiger partial charge in [-0.25, -0.2) is 9.67 Å². The number of para-hydroxylation sites is 3. The highest BCUT2D eigenvalue weighted by Crippen LogP contribution is 2.27. The number of hydrogen-bond acceptors (Lipinski definition) is 5. The second-order valence-corrected chi connectivity index (χ2v) is 10.5. The predicted molar refractivity (Wildman–Crippen MR) is 157 cm³/mol. The lowest BCUT2D eigenvalue weighted by Crippen LogP contribution is -2.25. The SMILES string of the molecule is Cc1c(NC(=O)CSc2nc3ccccc3c(=O)n2-c2ccccc2C(C)C)c(=O)n(-c2ccccc2)n1C. The van der Waals surface area contributed by atoms with Crippen LogP contribution in [0.1, 0.15) is 31.0 Å². The van der Waals surface area contributed by atoms with Gasteiger partial charge in [0.25, 0.3) is 11.1 Å². The normalized spacial score (nSPS) is 11.3. The van der Waals surface area contributed by atoms with Crippen LogP contribution in [0.4, 0.5) is 5.69 Å². The summed E-state index contributed by atoms with van der Waals surface area (Å²) in [6.07, 6.45) is 0. The summed E-state index contributed by atoms with van der Waals surface area (Å²) in [5.74, 6) is -0.223. The highest BCUT2D eigenvalue weighted by atomic mass is 32.2. The Kier molecular flexibility index (Phi) is 7.26. The Bertz CT molecular complexity index is 1800. The van der Waals surface area contributed by atoms with E-state index in [9.17, 15) is 14.4 Å². The van der Waals surface area contributed by atoms with E-state index in [0.29, 0.717) is 27.4 Å². The Labute approximate surface area is 229 Å². The van der Waals surface area contributed by atoms with Gasteiger partial charge in [0.05, 0.1) is 33.7 Å².